The van der Waals surface area contributed by atoms with Crippen molar-refractivity contribution >= 4 is 28.5 Å². The van der Waals surface area contributed by atoms with E-state index in [1.54, 1.807) is 11.7 Å². The Morgan fingerprint density at radius 1 is 1.53 bits per heavy atom. The minimum Gasteiger partial charge on any atom is -0.342 e. The summed E-state index contributed by atoms with van der Waals surface area (Å²) < 4.78 is 4.30. The predicted molar refractivity (Wildman–Crippen MR) is 79.7 cm³/mol. The number of rotatable bonds is 4. The summed E-state index contributed by atoms with van der Waals surface area (Å²) in [4.78, 5) is 12.1. The van der Waals surface area contributed by atoms with E-state index in [9.17, 15) is 4.79 Å². The average Bonchev–Trinajstić information content (AvgIpc) is 2.95. The van der Waals surface area contributed by atoms with Crippen LogP contribution in [0.2, 0.25) is 0 Å². The Hall–Kier alpha value is -1.38. The standard InChI is InChI=1S/C12H16IN5O/c1-4-18-6-5-10(15-18)8(2)14-12(19)11-9(13)7-17(3)16-11/h5-8H,4H2,1-3H3,(H,14,19). The smallest absolute Gasteiger partial charge is 0.273 e. The van der Waals surface area contributed by atoms with Crippen molar-refractivity contribution in [2.24, 2.45) is 7.05 Å². The van der Waals surface area contributed by atoms with E-state index in [-0.39, 0.29) is 11.9 Å². The lowest BCUT2D eigenvalue weighted by Crippen LogP contribution is -2.28. The first kappa shape index (κ1) is 14.0. The molecule has 7 heteroatoms. The maximum absolute atomic E-state index is 12.1. The first-order valence-corrected chi connectivity index (χ1v) is 7.12. The van der Waals surface area contributed by atoms with Gasteiger partial charge in [-0.1, -0.05) is 0 Å². The molecule has 2 aromatic rings. The molecule has 0 aliphatic carbocycles. The molecular formula is C12H16IN5O. The third-order valence-corrected chi connectivity index (χ3v) is 3.57. The number of amides is 1. The highest BCUT2D eigenvalue weighted by Crippen LogP contribution is 2.13. The molecule has 1 atom stereocenters. The molecule has 6 nitrogen and oxygen atoms in total. The summed E-state index contributed by atoms with van der Waals surface area (Å²) in [5.41, 5.74) is 1.30. The molecule has 0 saturated heterocycles. The van der Waals surface area contributed by atoms with E-state index >= 15 is 0 Å². The van der Waals surface area contributed by atoms with Gasteiger partial charge in [-0.2, -0.15) is 10.2 Å². The van der Waals surface area contributed by atoms with Crippen molar-refractivity contribution in [2.45, 2.75) is 26.4 Å². The summed E-state index contributed by atoms with van der Waals surface area (Å²) >= 11 is 2.10. The largest absolute Gasteiger partial charge is 0.342 e. The SMILES string of the molecule is CCn1ccc(C(C)NC(=O)c2nn(C)cc2I)n1. The zero-order valence-corrected chi connectivity index (χ0v) is 13.2. The summed E-state index contributed by atoms with van der Waals surface area (Å²) in [6, 6.07) is 1.77. The topological polar surface area (TPSA) is 64.7 Å². The monoisotopic (exact) mass is 373 g/mol. The fraction of sp³-hybridized carbons (Fsp3) is 0.417. The van der Waals surface area contributed by atoms with E-state index in [0.29, 0.717) is 5.69 Å². The van der Waals surface area contributed by atoms with Gasteiger partial charge in [-0.15, -0.1) is 0 Å². The van der Waals surface area contributed by atoms with Gasteiger partial charge in [-0.25, -0.2) is 0 Å². The van der Waals surface area contributed by atoms with Crippen molar-refractivity contribution in [3.05, 3.63) is 33.4 Å². The Balaban J connectivity index is 2.08. The Morgan fingerprint density at radius 3 is 2.79 bits per heavy atom. The number of hydrogen-bond donors (Lipinski definition) is 1. The van der Waals surface area contributed by atoms with Crippen LogP contribution in [0.1, 0.15) is 36.1 Å². The molecule has 2 heterocycles. The van der Waals surface area contributed by atoms with Gasteiger partial charge in [0.15, 0.2) is 5.69 Å². The Morgan fingerprint density at radius 2 is 2.26 bits per heavy atom. The number of aryl methyl sites for hydroxylation is 2. The van der Waals surface area contributed by atoms with Crippen LogP contribution < -0.4 is 5.32 Å². The number of nitrogens with one attached hydrogen (secondary N) is 1. The Labute approximate surface area is 125 Å². The number of halogens is 1. The van der Waals surface area contributed by atoms with Crippen molar-refractivity contribution in [1.29, 1.82) is 0 Å². The van der Waals surface area contributed by atoms with Crippen molar-refractivity contribution in [3.63, 3.8) is 0 Å². The van der Waals surface area contributed by atoms with E-state index in [4.69, 9.17) is 0 Å². The molecule has 19 heavy (non-hydrogen) atoms. The lowest BCUT2D eigenvalue weighted by Gasteiger charge is -2.10. The molecule has 0 radical (unpaired) electrons. The molecule has 102 valence electrons. The molecule has 1 N–H and O–H groups in total. The molecule has 0 aliphatic heterocycles. The lowest BCUT2D eigenvalue weighted by atomic mass is 10.2. The van der Waals surface area contributed by atoms with Crippen LogP contribution in [0.15, 0.2) is 18.5 Å². The summed E-state index contributed by atoms with van der Waals surface area (Å²) in [6.07, 6.45) is 3.72. The van der Waals surface area contributed by atoms with Crippen molar-refractivity contribution in [3.8, 4) is 0 Å². The van der Waals surface area contributed by atoms with Crippen LogP contribution >= 0.6 is 22.6 Å². The lowest BCUT2D eigenvalue weighted by molar-refractivity contribution is 0.0932. The number of nitrogens with zero attached hydrogens (tertiary/aromatic N) is 4. The van der Waals surface area contributed by atoms with Crippen LogP contribution in [-0.2, 0) is 13.6 Å². The number of aromatic nitrogens is 4. The van der Waals surface area contributed by atoms with Gasteiger partial charge in [-0.05, 0) is 42.5 Å². The van der Waals surface area contributed by atoms with Crippen LogP contribution in [0.4, 0.5) is 0 Å². The Kier molecular flexibility index (Phi) is 4.23. The van der Waals surface area contributed by atoms with Crippen LogP contribution in [0.25, 0.3) is 0 Å². The van der Waals surface area contributed by atoms with Gasteiger partial charge >= 0.3 is 0 Å². The minimum atomic E-state index is -0.177. The van der Waals surface area contributed by atoms with Crippen LogP contribution in [0.3, 0.4) is 0 Å². The van der Waals surface area contributed by atoms with Gasteiger partial charge in [0.1, 0.15) is 0 Å². The molecule has 2 aromatic heterocycles. The van der Waals surface area contributed by atoms with Crippen LogP contribution in [0, 0.1) is 3.57 Å². The van der Waals surface area contributed by atoms with Gasteiger partial charge in [0, 0.05) is 26.0 Å². The van der Waals surface area contributed by atoms with Gasteiger partial charge < -0.3 is 5.32 Å². The predicted octanol–water partition coefficient (Wildman–Crippen LogP) is 1.73. The molecule has 0 fully saturated rings. The summed E-state index contributed by atoms with van der Waals surface area (Å²) in [5.74, 6) is -0.177. The zero-order chi connectivity index (χ0) is 14.0. The maximum Gasteiger partial charge on any atom is 0.273 e. The summed E-state index contributed by atoms with van der Waals surface area (Å²) in [5, 5.41) is 11.4. The normalized spacial score (nSPS) is 12.4. The maximum atomic E-state index is 12.1. The molecule has 2 rings (SSSR count). The van der Waals surface area contributed by atoms with E-state index in [2.05, 4.69) is 38.1 Å². The van der Waals surface area contributed by atoms with Crippen LogP contribution in [-0.4, -0.2) is 25.5 Å². The second-order valence-electron chi connectivity index (χ2n) is 4.29. The second-order valence-corrected chi connectivity index (χ2v) is 5.45. The van der Waals surface area contributed by atoms with Crippen molar-refractivity contribution < 1.29 is 4.79 Å². The van der Waals surface area contributed by atoms with Gasteiger partial charge in [0.05, 0.1) is 15.3 Å². The quantitative estimate of drug-likeness (QED) is 0.831. The Bertz CT molecular complexity index is 589. The zero-order valence-electron chi connectivity index (χ0n) is 11.1. The van der Waals surface area contributed by atoms with E-state index < -0.39 is 0 Å². The highest BCUT2D eigenvalue weighted by atomic mass is 127. The highest BCUT2D eigenvalue weighted by Gasteiger charge is 2.18. The summed E-state index contributed by atoms with van der Waals surface area (Å²) in [6.45, 7) is 4.76. The molecule has 1 unspecified atom stereocenters. The molecular weight excluding hydrogens is 357 g/mol. The summed E-state index contributed by atoms with van der Waals surface area (Å²) in [7, 11) is 1.80. The van der Waals surface area contributed by atoms with Gasteiger partial charge in [0.2, 0.25) is 0 Å². The third-order valence-electron chi connectivity index (χ3n) is 2.78. The molecule has 0 bridgehead atoms. The molecule has 0 saturated carbocycles. The first-order chi connectivity index (χ1) is 9.01. The molecule has 1 amide bonds. The molecule has 0 spiro atoms. The van der Waals surface area contributed by atoms with E-state index in [1.807, 2.05) is 37.0 Å². The fourth-order valence-corrected chi connectivity index (χ4v) is 2.49. The highest BCUT2D eigenvalue weighted by molar-refractivity contribution is 14.1. The fourth-order valence-electron chi connectivity index (χ4n) is 1.74. The van der Waals surface area contributed by atoms with E-state index in [1.165, 1.54) is 0 Å². The first-order valence-electron chi connectivity index (χ1n) is 6.04. The molecule has 0 aromatic carbocycles. The number of carbonyl (C=O) groups is 1. The minimum absolute atomic E-state index is 0.141. The third kappa shape index (κ3) is 3.14. The molecule has 0 aliphatic rings. The number of carbonyl (C=O) groups excluding carboxylic acids is 1. The van der Waals surface area contributed by atoms with Crippen LogP contribution in [0.5, 0.6) is 0 Å². The van der Waals surface area contributed by atoms with E-state index in [0.717, 1.165) is 15.8 Å². The van der Waals surface area contributed by atoms with Gasteiger partial charge in [0.25, 0.3) is 5.91 Å². The van der Waals surface area contributed by atoms with Gasteiger partial charge in [-0.3, -0.25) is 14.2 Å². The average molecular weight is 373 g/mol. The van der Waals surface area contributed by atoms with Crippen molar-refractivity contribution in [2.75, 3.05) is 0 Å². The second kappa shape index (κ2) is 5.72. The van der Waals surface area contributed by atoms with Crippen molar-refractivity contribution in [1.82, 2.24) is 24.9 Å². The number of hydrogen-bond acceptors (Lipinski definition) is 3.